The van der Waals surface area contributed by atoms with Crippen LogP contribution in [0.4, 0.5) is 10.3 Å². The van der Waals surface area contributed by atoms with Gasteiger partial charge in [-0.3, -0.25) is 14.5 Å². The van der Waals surface area contributed by atoms with E-state index in [4.69, 9.17) is 4.74 Å². The summed E-state index contributed by atoms with van der Waals surface area (Å²) in [6.45, 7) is 8.77. The molecular weight excluding hydrogens is 497 g/mol. The Balaban J connectivity index is 1.68. The number of aliphatic hydroxyl groups excluding tert-OH is 1. The molecule has 0 aliphatic carbocycles. The lowest BCUT2D eigenvalue weighted by Gasteiger charge is -2.25. The minimum absolute atomic E-state index is 0.0669. The number of H-pyrrole nitrogens is 1. The number of ketones is 1. The average Bonchev–Trinajstić information content (AvgIpc) is 3.44. The Morgan fingerprint density at radius 3 is 2.51 bits per heavy atom. The number of halogens is 1. The zero-order chi connectivity index (χ0) is 27.9. The van der Waals surface area contributed by atoms with E-state index < -0.39 is 23.5 Å². The third-order valence-corrected chi connectivity index (χ3v) is 6.78. The molecule has 8 heteroatoms. The lowest BCUT2D eigenvalue weighted by molar-refractivity contribution is -0.132. The summed E-state index contributed by atoms with van der Waals surface area (Å²) in [5.74, 6) is -1.84. The number of aromatic nitrogens is 2. The van der Waals surface area contributed by atoms with Crippen molar-refractivity contribution >= 4 is 34.4 Å². The molecule has 5 rings (SSSR count). The van der Waals surface area contributed by atoms with Gasteiger partial charge in [0, 0.05) is 5.56 Å². The Bertz CT molecular complexity index is 1600. The number of Topliss-reactive ketones (excluding diaryl/α,β-unsaturated/α-hetero) is 1. The lowest BCUT2D eigenvalue weighted by Crippen LogP contribution is -2.30. The van der Waals surface area contributed by atoms with Gasteiger partial charge in [-0.05, 0) is 53.3 Å². The first-order chi connectivity index (χ1) is 18.6. The van der Waals surface area contributed by atoms with E-state index in [1.807, 2.05) is 31.2 Å². The van der Waals surface area contributed by atoms with Gasteiger partial charge >= 0.3 is 5.91 Å². The van der Waals surface area contributed by atoms with Crippen LogP contribution in [0.2, 0.25) is 0 Å². The molecular formula is C31H30FN3O4. The molecule has 1 saturated heterocycles. The quantitative estimate of drug-likeness (QED) is 0.172. The van der Waals surface area contributed by atoms with Gasteiger partial charge in [0.15, 0.2) is 0 Å². The summed E-state index contributed by atoms with van der Waals surface area (Å²) >= 11 is 0. The minimum atomic E-state index is -0.968. The number of anilines is 1. The summed E-state index contributed by atoms with van der Waals surface area (Å²) in [5, 5.41) is 11.5. The standard InChI is InChI=1S/C31H30FN3O4/c1-5-15-39-22-8-6-7-19(16-22)27(36)25-26(18-9-11-20(12-10-18)31(2,3)4)35(29(38)28(25)37)30-33-23-14-13-21(32)17-24(23)34-30/h6-14,16-17,26,36H,5,15H2,1-4H3,(H,33,34)/b27-25+. The fourth-order valence-corrected chi connectivity index (χ4v) is 4.72. The number of nitrogens with one attached hydrogen (secondary N) is 1. The molecule has 1 unspecified atom stereocenters. The van der Waals surface area contributed by atoms with E-state index in [9.17, 15) is 19.1 Å². The maximum absolute atomic E-state index is 13.9. The van der Waals surface area contributed by atoms with Gasteiger partial charge in [-0.15, -0.1) is 0 Å². The van der Waals surface area contributed by atoms with Crippen LogP contribution in [0, 0.1) is 5.82 Å². The molecule has 1 atom stereocenters. The first-order valence-corrected chi connectivity index (χ1v) is 12.9. The van der Waals surface area contributed by atoms with Crippen LogP contribution >= 0.6 is 0 Å². The van der Waals surface area contributed by atoms with Crippen molar-refractivity contribution in [3.63, 3.8) is 0 Å². The van der Waals surface area contributed by atoms with Gasteiger partial charge in [0.05, 0.1) is 29.3 Å². The molecule has 1 aliphatic heterocycles. The molecule has 1 aliphatic rings. The summed E-state index contributed by atoms with van der Waals surface area (Å²) in [7, 11) is 0. The summed E-state index contributed by atoms with van der Waals surface area (Å²) in [6.07, 6.45) is 0.813. The van der Waals surface area contributed by atoms with Crippen LogP contribution in [0.1, 0.15) is 56.8 Å². The van der Waals surface area contributed by atoms with Crippen molar-refractivity contribution < 1.29 is 23.8 Å². The van der Waals surface area contributed by atoms with Crippen LogP contribution in [0.25, 0.3) is 16.8 Å². The highest BCUT2D eigenvalue weighted by molar-refractivity contribution is 6.51. The first-order valence-electron chi connectivity index (χ1n) is 12.9. The van der Waals surface area contributed by atoms with Crippen LogP contribution in [-0.2, 0) is 15.0 Å². The number of carbonyl (C=O) groups excluding carboxylic acids is 2. The molecule has 4 aromatic rings. The highest BCUT2D eigenvalue weighted by Gasteiger charge is 2.48. The van der Waals surface area contributed by atoms with Gasteiger partial charge < -0.3 is 14.8 Å². The predicted molar refractivity (Wildman–Crippen MR) is 148 cm³/mol. The number of hydrogen-bond donors (Lipinski definition) is 2. The molecule has 0 saturated carbocycles. The van der Waals surface area contributed by atoms with Crippen LogP contribution in [0.15, 0.2) is 72.3 Å². The fourth-order valence-electron chi connectivity index (χ4n) is 4.72. The van der Waals surface area contributed by atoms with Crippen molar-refractivity contribution in [1.82, 2.24) is 9.97 Å². The lowest BCUT2D eigenvalue weighted by atomic mass is 9.85. The number of amides is 1. The Hall–Kier alpha value is -4.46. The predicted octanol–water partition coefficient (Wildman–Crippen LogP) is 6.41. The molecule has 1 amide bonds. The van der Waals surface area contributed by atoms with Crippen LogP contribution in [0.3, 0.4) is 0 Å². The Kier molecular flexibility index (Phi) is 6.72. The first kappa shape index (κ1) is 26.2. The number of aliphatic hydroxyl groups is 1. The zero-order valence-electron chi connectivity index (χ0n) is 22.3. The molecule has 2 heterocycles. The third-order valence-electron chi connectivity index (χ3n) is 6.78. The Labute approximate surface area is 225 Å². The number of benzene rings is 3. The number of fused-ring (bicyclic) bond motifs is 1. The number of carbonyl (C=O) groups is 2. The maximum Gasteiger partial charge on any atom is 0.302 e. The second-order valence-electron chi connectivity index (χ2n) is 10.6. The highest BCUT2D eigenvalue weighted by Crippen LogP contribution is 2.42. The number of nitrogens with zero attached hydrogens (tertiary/aromatic N) is 2. The molecule has 39 heavy (non-hydrogen) atoms. The molecule has 1 aromatic heterocycles. The molecule has 2 N–H and O–H groups in total. The normalized spacial score (nSPS) is 17.3. The van der Waals surface area contributed by atoms with Gasteiger partial charge in [-0.2, -0.15) is 0 Å². The van der Waals surface area contributed by atoms with Crippen molar-refractivity contribution in [3.8, 4) is 5.75 Å². The zero-order valence-corrected chi connectivity index (χ0v) is 22.3. The van der Waals surface area contributed by atoms with E-state index in [0.29, 0.717) is 34.5 Å². The second-order valence-corrected chi connectivity index (χ2v) is 10.6. The molecule has 0 spiro atoms. The summed E-state index contributed by atoms with van der Waals surface area (Å²) in [4.78, 5) is 35.7. The summed E-state index contributed by atoms with van der Waals surface area (Å²) in [6, 6.07) is 17.5. The fraction of sp³-hybridized carbons (Fsp3) is 0.258. The summed E-state index contributed by atoms with van der Waals surface area (Å²) < 4.78 is 19.6. The molecule has 0 radical (unpaired) electrons. The number of rotatable bonds is 6. The van der Waals surface area contributed by atoms with Gasteiger partial charge in [-0.1, -0.05) is 64.1 Å². The van der Waals surface area contributed by atoms with E-state index in [1.165, 1.54) is 23.1 Å². The van der Waals surface area contributed by atoms with Crippen LogP contribution < -0.4 is 9.64 Å². The van der Waals surface area contributed by atoms with Crippen LogP contribution in [-0.4, -0.2) is 33.4 Å². The van der Waals surface area contributed by atoms with Crippen molar-refractivity contribution in [1.29, 1.82) is 0 Å². The average molecular weight is 528 g/mol. The number of ether oxygens (including phenoxy) is 1. The van der Waals surface area contributed by atoms with Crippen molar-refractivity contribution in [3.05, 3.63) is 94.8 Å². The molecule has 0 bridgehead atoms. The molecule has 200 valence electrons. The van der Waals surface area contributed by atoms with E-state index in [1.54, 1.807) is 24.3 Å². The van der Waals surface area contributed by atoms with E-state index in [-0.39, 0.29) is 22.7 Å². The number of imidazole rings is 1. The second kappa shape index (κ2) is 10.0. The molecule has 1 fully saturated rings. The smallest absolute Gasteiger partial charge is 0.302 e. The van der Waals surface area contributed by atoms with Crippen molar-refractivity contribution in [2.45, 2.75) is 45.6 Å². The van der Waals surface area contributed by atoms with Gasteiger partial charge in [0.2, 0.25) is 5.95 Å². The van der Waals surface area contributed by atoms with E-state index in [2.05, 4.69) is 30.7 Å². The maximum atomic E-state index is 13.9. The highest BCUT2D eigenvalue weighted by atomic mass is 19.1. The van der Waals surface area contributed by atoms with Crippen LogP contribution in [0.5, 0.6) is 5.75 Å². The van der Waals surface area contributed by atoms with E-state index >= 15 is 0 Å². The van der Waals surface area contributed by atoms with Gasteiger partial charge in [-0.25, -0.2) is 9.37 Å². The van der Waals surface area contributed by atoms with Gasteiger partial charge in [0.25, 0.3) is 5.78 Å². The van der Waals surface area contributed by atoms with Gasteiger partial charge in [0.1, 0.15) is 17.3 Å². The summed E-state index contributed by atoms with van der Waals surface area (Å²) in [5.41, 5.74) is 2.69. The Morgan fingerprint density at radius 1 is 1.08 bits per heavy atom. The number of hydrogen-bond acceptors (Lipinski definition) is 5. The topological polar surface area (TPSA) is 95.5 Å². The molecule has 7 nitrogen and oxygen atoms in total. The largest absolute Gasteiger partial charge is 0.507 e. The minimum Gasteiger partial charge on any atom is -0.507 e. The Morgan fingerprint density at radius 2 is 1.82 bits per heavy atom. The SMILES string of the molecule is CCCOc1cccc(/C(O)=C2\C(=O)C(=O)N(c3nc4ccc(F)cc4[nH]3)C2c2ccc(C(C)(C)C)cc2)c1. The third kappa shape index (κ3) is 4.90. The number of aromatic amines is 1. The van der Waals surface area contributed by atoms with Crippen molar-refractivity contribution in [2.75, 3.05) is 11.5 Å². The monoisotopic (exact) mass is 527 g/mol. The molecule has 3 aromatic carbocycles. The van der Waals surface area contributed by atoms with E-state index in [0.717, 1.165) is 12.0 Å². The van der Waals surface area contributed by atoms with Crippen molar-refractivity contribution in [2.24, 2.45) is 0 Å².